The third-order valence-corrected chi connectivity index (χ3v) is 6.36. The van der Waals surface area contributed by atoms with Crippen molar-refractivity contribution in [3.8, 4) is 0 Å². The van der Waals surface area contributed by atoms with Crippen LogP contribution < -0.4 is 0 Å². The van der Waals surface area contributed by atoms with Crippen LogP contribution in [0.15, 0.2) is 17.1 Å². The van der Waals surface area contributed by atoms with Crippen molar-refractivity contribution in [2.45, 2.75) is 123 Å². The van der Waals surface area contributed by atoms with Crippen molar-refractivity contribution in [2.75, 3.05) is 13.1 Å². The number of aliphatic hydroxyl groups is 1. The summed E-state index contributed by atoms with van der Waals surface area (Å²) >= 11 is 0. The fourth-order valence-corrected chi connectivity index (χ4v) is 4.38. The third-order valence-electron chi connectivity index (χ3n) is 6.36. The average Bonchev–Trinajstić information content (AvgIpc) is 3.09. The van der Waals surface area contributed by atoms with Crippen LogP contribution in [0.4, 0.5) is 0 Å². The molecule has 0 spiro atoms. The first-order valence-electron chi connectivity index (χ1n) is 11.9. The van der Waals surface area contributed by atoms with Gasteiger partial charge in [0.2, 0.25) is 0 Å². The first-order valence-corrected chi connectivity index (χ1v) is 11.9. The summed E-state index contributed by atoms with van der Waals surface area (Å²) in [6, 6.07) is 0. The Hall–Kier alpha value is -0.670. The van der Waals surface area contributed by atoms with Gasteiger partial charge in [-0.2, -0.15) is 0 Å². The van der Waals surface area contributed by atoms with Crippen molar-refractivity contribution in [1.29, 1.82) is 0 Å². The molecule has 0 aliphatic carbocycles. The van der Waals surface area contributed by atoms with E-state index in [1.165, 1.54) is 83.5 Å². The molecule has 0 aromatic heterocycles. The molecule has 158 valence electrons. The SMILES string of the molecule is CC/C=C/CCCCCCCCCCCCCC1N=CC[N+]1(CC)C(C)O. The van der Waals surface area contributed by atoms with Crippen molar-refractivity contribution in [3.63, 3.8) is 0 Å². The fourth-order valence-electron chi connectivity index (χ4n) is 4.38. The van der Waals surface area contributed by atoms with E-state index < -0.39 is 0 Å². The van der Waals surface area contributed by atoms with Crippen molar-refractivity contribution in [3.05, 3.63) is 12.2 Å². The molecular weight excluding hydrogens is 332 g/mol. The lowest BCUT2D eigenvalue weighted by Gasteiger charge is -2.40. The molecule has 1 aliphatic rings. The summed E-state index contributed by atoms with van der Waals surface area (Å²) in [6.45, 7) is 8.17. The Morgan fingerprint density at radius 1 is 0.926 bits per heavy atom. The summed E-state index contributed by atoms with van der Waals surface area (Å²) < 4.78 is 0.745. The van der Waals surface area contributed by atoms with E-state index in [-0.39, 0.29) is 12.4 Å². The Balaban J connectivity index is 1.91. The number of rotatable bonds is 17. The highest BCUT2D eigenvalue weighted by Gasteiger charge is 2.41. The Bertz CT molecular complexity index is 405. The van der Waals surface area contributed by atoms with Gasteiger partial charge in [0.25, 0.3) is 0 Å². The zero-order valence-electron chi connectivity index (χ0n) is 18.5. The molecular formula is C24H47N2O+. The van der Waals surface area contributed by atoms with Gasteiger partial charge in [-0.05, 0) is 32.6 Å². The summed E-state index contributed by atoms with van der Waals surface area (Å²) in [5, 5.41) is 10.2. The predicted molar refractivity (Wildman–Crippen MR) is 119 cm³/mol. The van der Waals surface area contributed by atoms with Crippen LogP contribution in [-0.2, 0) is 0 Å². The molecule has 0 radical (unpaired) electrons. The van der Waals surface area contributed by atoms with Crippen LogP contribution in [0.2, 0.25) is 0 Å². The molecule has 0 aromatic rings. The lowest BCUT2D eigenvalue weighted by molar-refractivity contribution is -0.976. The summed E-state index contributed by atoms with van der Waals surface area (Å²) in [7, 11) is 0. The molecule has 0 bridgehead atoms. The zero-order chi connectivity index (χ0) is 19.8. The molecule has 1 rings (SSSR count). The van der Waals surface area contributed by atoms with E-state index in [1.54, 1.807) is 0 Å². The molecule has 1 aliphatic heterocycles. The van der Waals surface area contributed by atoms with Crippen LogP contribution in [0, 0.1) is 0 Å². The molecule has 27 heavy (non-hydrogen) atoms. The number of hydrogen-bond donors (Lipinski definition) is 1. The van der Waals surface area contributed by atoms with Crippen LogP contribution >= 0.6 is 0 Å². The minimum absolute atomic E-state index is 0.285. The zero-order valence-corrected chi connectivity index (χ0v) is 18.5. The molecule has 3 nitrogen and oxygen atoms in total. The Labute approximate surface area is 169 Å². The maximum absolute atomic E-state index is 10.2. The number of unbranched alkanes of at least 4 members (excludes halogenated alkanes) is 11. The van der Waals surface area contributed by atoms with Crippen molar-refractivity contribution in [1.82, 2.24) is 0 Å². The minimum Gasteiger partial charge on any atom is -0.345 e. The van der Waals surface area contributed by atoms with Crippen LogP contribution in [0.5, 0.6) is 0 Å². The van der Waals surface area contributed by atoms with Crippen LogP contribution in [0.25, 0.3) is 0 Å². The third kappa shape index (κ3) is 9.38. The second kappa shape index (κ2) is 15.3. The molecule has 0 saturated heterocycles. The largest absolute Gasteiger partial charge is 0.345 e. The standard InChI is InChI=1S/C24H47N2O/c1-4-6-7-8-9-10-11-12-13-14-15-16-17-18-19-20-24-25-21-22-26(24,5-2)23(3)27/h6-7,21,23-24,27H,4-5,8-20,22H2,1-3H3/q+1/b7-6+. The molecule has 1 heterocycles. The molecule has 3 unspecified atom stereocenters. The molecule has 0 amide bonds. The van der Waals surface area contributed by atoms with E-state index in [0.717, 1.165) is 24.0 Å². The lowest BCUT2D eigenvalue weighted by atomic mass is 10.0. The van der Waals surface area contributed by atoms with E-state index in [2.05, 4.69) is 31.0 Å². The van der Waals surface area contributed by atoms with E-state index in [9.17, 15) is 5.11 Å². The maximum atomic E-state index is 10.2. The molecule has 1 N–H and O–H groups in total. The Morgan fingerprint density at radius 2 is 1.48 bits per heavy atom. The number of quaternary nitrogens is 1. The molecule has 0 saturated carbocycles. The van der Waals surface area contributed by atoms with Gasteiger partial charge in [-0.25, -0.2) is 4.99 Å². The van der Waals surface area contributed by atoms with Gasteiger partial charge in [0.1, 0.15) is 6.54 Å². The minimum atomic E-state index is -0.310. The van der Waals surface area contributed by atoms with Gasteiger partial charge in [-0.15, -0.1) is 0 Å². The number of allylic oxidation sites excluding steroid dienone is 2. The van der Waals surface area contributed by atoms with E-state index in [4.69, 9.17) is 0 Å². The summed E-state index contributed by atoms with van der Waals surface area (Å²) in [5.74, 6) is 0. The quantitative estimate of drug-likeness (QED) is 0.172. The summed E-state index contributed by atoms with van der Waals surface area (Å²) in [6.07, 6.45) is 25.4. The van der Waals surface area contributed by atoms with Gasteiger partial charge in [-0.1, -0.05) is 76.9 Å². The van der Waals surface area contributed by atoms with E-state index >= 15 is 0 Å². The highest BCUT2D eigenvalue weighted by atomic mass is 16.3. The van der Waals surface area contributed by atoms with Crippen LogP contribution in [-0.4, -0.2) is 41.3 Å². The molecule has 0 aromatic carbocycles. The second-order valence-electron chi connectivity index (χ2n) is 8.39. The van der Waals surface area contributed by atoms with Gasteiger partial charge in [-0.3, -0.25) is 4.48 Å². The highest BCUT2D eigenvalue weighted by molar-refractivity contribution is 5.60. The first kappa shape index (κ1) is 24.4. The Kier molecular flexibility index (Phi) is 13.8. The Morgan fingerprint density at radius 3 is 2.00 bits per heavy atom. The van der Waals surface area contributed by atoms with Gasteiger partial charge in [0.05, 0.1) is 12.8 Å². The summed E-state index contributed by atoms with van der Waals surface area (Å²) in [4.78, 5) is 4.67. The average molecular weight is 380 g/mol. The van der Waals surface area contributed by atoms with E-state index in [0.29, 0.717) is 0 Å². The lowest BCUT2D eigenvalue weighted by Crippen LogP contribution is -2.57. The van der Waals surface area contributed by atoms with Crippen molar-refractivity contribution in [2.24, 2.45) is 4.99 Å². The van der Waals surface area contributed by atoms with Gasteiger partial charge >= 0.3 is 0 Å². The predicted octanol–water partition coefficient (Wildman–Crippen LogP) is 6.61. The smallest absolute Gasteiger partial charge is 0.189 e. The topological polar surface area (TPSA) is 32.6 Å². The van der Waals surface area contributed by atoms with Crippen LogP contribution in [0.3, 0.4) is 0 Å². The highest BCUT2D eigenvalue weighted by Crippen LogP contribution is 2.26. The van der Waals surface area contributed by atoms with Gasteiger partial charge < -0.3 is 5.11 Å². The van der Waals surface area contributed by atoms with E-state index in [1.807, 2.05) is 13.1 Å². The first-order chi connectivity index (χ1) is 13.2. The van der Waals surface area contributed by atoms with Crippen molar-refractivity contribution < 1.29 is 9.59 Å². The fraction of sp³-hybridized carbons (Fsp3) is 0.875. The number of aliphatic hydroxyl groups excluding tert-OH is 1. The second-order valence-corrected chi connectivity index (χ2v) is 8.39. The van der Waals surface area contributed by atoms with Crippen molar-refractivity contribution >= 4 is 6.21 Å². The number of aliphatic imine (C=N–C) groups is 1. The monoisotopic (exact) mass is 379 g/mol. The van der Waals surface area contributed by atoms with Gasteiger partial charge in [0, 0.05) is 13.3 Å². The number of nitrogens with zero attached hydrogens (tertiary/aromatic N) is 2. The van der Waals surface area contributed by atoms with Crippen LogP contribution in [0.1, 0.15) is 111 Å². The summed E-state index contributed by atoms with van der Waals surface area (Å²) in [5.41, 5.74) is 0. The van der Waals surface area contributed by atoms with Gasteiger partial charge in [0.15, 0.2) is 12.4 Å². The molecule has 3 atom stereocenters. The maximum Gasteiger partial charge on any atom is 0.189 e. The normalized spacial score (nSPS) is 23.5. The number of hydrogen-bond acceptors (Lipinski definition) is 2. The molecule has 3 heteroatoms. The molecule has 0 fully saturated rings.